The molecule has 0 spiro atoms. The predicted octanol–water partition coefficient (Wildman–Crippen LogP) is 4.06. The van der Waals surface area contributed by atoms with Gasteiger partial charge in [-0.3, -0.25) is 4.98 Å². The Morgan fingerprint density at radius 1 is 1.30 bits per heavy atom. The third-order valence-electron chi connectivity index (χ3n) is 3.62. The van der Waals surface area contributed by atoms with Gasteiger partial charge in [-0.2, -0.15) is 0 Å². The summed E-state index contributed by atoms with van der Waals surface area (Å²) in [5.74, 6) is 0. The van der Waals surface area contributed by atoms with E-state index in [1.54, 1.807) is 6.20 Å². The van der Waals surface area contributed by atoms with Gasteiger partial charge in [0, 0.05) is 22.1 Å². The van der Waals surface area contributed by atoms with Gasteiger partial charge in [0.1, 0.15) is 0 Å². The van der Waals surface area contributed by atoms with Crippen LogP contribution in [0.15, 0.2) is 34.9 Å². The maximum Gasteiger partial charge on any atom is 0.319 e. The van der Waals surface area contributed by atoms with Gasteiger partial charge in [0.05, 0.1) is 11.2 Å². The van der Waals surface area contributed by atoms with Crippen LogP contribution in [-0.4, -0.2) is 17.1 Å². The predicted molar refractivity (Wildman–Crippen MR) is 83.9 cm³/mol. The molecule has 0 aliphatic heterocycles. The van der Waals surface area contributed by atoms with E-state index < -0.39 is 0 Å². The van der Waals surface area contributed by atoms with Crippen molar-refractivity contribution in [2.75, 3.05) is 5.32 Å². The first-order valence-corrected chi connectivity index (χ1v) is 7.63. The van der Waals surface area contributed by atoms with Crippen LogP contribution in [0.1, 0.15) is 25.7 Å². The first kappa shape index (κ1) is 13.4. The van der Waals surface area contributed by atoms with Crippen LogP contribution < -0.4 is 10.6 Å². The average Bonchev–Trinajstić information content (AvgIpc) is 2.91. The zero-order chi connectivity index (χ0) is 13.9. The highest BCUT2D eigenvalue weighted by atomic mass is 79.9. The minimum Gasteiger partial charge on any atom is -0.335 e. The van der Waals surface area contributed by atoms with E-state index in [0.717, 1.165) is 33.9 Å². The van der Waals surface area contributed by atoms with Gasteiger partial charge in [0.2, 0.25) is 0 Å². The van der Waals surface area contributed by atoms with E-state index in [2.05, 4.69) is 31.5 Å². The van der Waals surface area contributed by atoms with Crippen LogP contribution in [-0.2, 0) is 0 Å². The molecule has 5 heteroatoms. The van der Waals surface area contributed by atoms with Crippen molar-refractivity contribution in [2.24, 2.45) is 0 Å². The standard InChI is InChI=1S/C15H16BrN3O/c16-11-8-10-4-3-7-13(14(10)17-9-11)19-15(20)18-12-5-1-2-6-12/h3-4,7-9,12H,1-2,5-6H2,(H2,18,19,20). The second-order valence-corrected chi connectivity index (χ2v) is 6.03. The molecule has 2 aromatic rings. The van der Waals surface area contributed by atoms with Crippen LogP contribution in [0.4, 0.5) is 10.5 Å². The van der Waals surface area contributed by atoms with Gasteiger partial charge in [0.25, 0.3) is 0 Å². The molecule has 1 aliphatic carbocycles. The van der Waals surface area contributed by atoms with Crippen molar-refractivity contribution < 1.29 is 4.79 Å². The van der Waals surface area contributed by atoms with Crippen molar-refractivity contribution in [2.45, 2.75) is 31.7 Å². The molecule has 1 aliphatic rings. The fourth-order valence-electron chi connectivity index (χ4n) is 2.65. The summed E-state index contributed by atoms with van der Waals surface area (Å²) < 4.78 is 0.928. The Morgan fingerprint density at radius 3 is 2.90 bits per heavy atom. The lowest BCUT2D eigenvalue weighted by atomic mass is 10.2. The van der Waals surface area contributed by atoms with Gasteiger partial charge in [-0.25, -0.2) is 4.79 Å². The van der Waals surface area contributed by atoms with Crippen LogP contribution in [0.3, 0.4) is 0 Å². The number of amides is 2. The average molecular weight is 334 g/mol. The van der Waals surface area contributed by atoms with E-state index in [9.17, 15) is 4.79 Å². The number of carbonyl (C=O) groups is 1. The molecule has 0 saturated heterocycles. The monoisotopic (exact) mass is 333 g/mol. The number of benzene rings is 1. The summed E-state index contributed by atoms with van der Waals surface area (Å²) in [6.45, 7) is 0. The minimum atomic E-state index is -0.144. The molecule has 0 unspecified atom stereocenters. The Kier molecular flexibility index (Phi) is 3.87. The van der Waals surface area contributed by atoms with Crippen LogP contribution in [0, 0.1) is 0 Å². The van der Waals surface area contributed by atoms with E-state index >= 15 is 0 Å². The molecular formula is C15H16BrN3O. The van der Waals surface area contributed by atoms with Crippen molar-refractivity contribution in [1.82, 2.24) is 10.3 Å². The number of fused-ring (bicyclic) bond motifs is 1. The normalized spacial score (nSPS) is 15.4. The van der Waals surface area contributed by atoms with E-state index in [4.69, 9.17) is 0 Å². The number of pyridine rings is 1. The van der Waals surface area contributed by atoms with Crippen molar-refractivity contribution in [3.63, 3.8) is 0 Å². The Morgan fingerprint density at radius 2 is 2.10 bits per heavy atom. The number of hydrogen-bond acceptors (Lipinski definition) is 2. The molecule has 3 rings (SSSR count). The summed E-state index contributed by atoms with van der Waals surface area (Å²) in [5, 5.41) is 6.92. The van der Waals surface area contributed by atoms with Gasteiger partial charge in [-0.1, -0.05) is 25.0 Å². The lowest BCUT2D eigenvalue weighted by molar-refractivity contribution is 0.248. The fourth-order valence-corrected chi connectivity index (χ4v) is 3.00. The van der Waals surface area contributed by atoms with Crippen molar-refractivity contribution >= 4 is 38.6 Å². The van der Waals surface area contributed by atoms with E-state index in [-0.39, 0.29) is 6.03 Å². The summed E-state index contributed by atoms with van der Waals surface area (Å²) in [7, 11) is 0. The molecule has 0 bridgehead atoms. The number of aromatic nitrogens is 1. The quantitative estimate of drug-likeness (QED) is 0.870. The number of hydrogen-bond donors (Lipinski definition) is 2. The second-order valence-electron chi connectivity index (χ2n) is 5.11. The second kappa shape index (κ2) is 5.79. The largest absolute Gasteiger partial charge is 0.335 e. The highest BCUT2D eigenvalue weighted by molar-refractivity contribution is 9.10. The lowest BCUT2D eigenvalue weighted by Gasteiger charge is -2.13. The number of nitrogens with one attached hydrogen (secondary N) is 2. The van der Waals surface area contributed by atoms with Crippen LogP contribution >= 0.6 is 15.9 Å². The Hall–Kier alpha value is -1.62. The van der Waals surface area contributed by atoms with Crippen molar-refractivity contribution in [3.8, 4) is 0 Å². The topological polar surface area (TPSA) is 54.0 Å². The zero-order valence-electron chi connectivity index (χ0n) is 11.0. The van der Waals surface area contributed by atoms with Crippen LogP contribution in [0.5, 0.6) is 0 Å². The van der Waals surface area contributed by atoms with Gasteiger partial charge in [0.15, 0.2) is 0 Å². The third-order valence-corrected chi connectivity index (χ3v) is 4.05. The molecule has 0 radical (unpaired) electrons. The first-order valence-electron chi connectivity index (χ1n) is 6.84. The number of para-hydroxylation sites is 1. The molecular weight excluding hydrogens is 318 g/mol. The number of carbonyl (C=O) groups excluding carboxylic acids is 1. The number of rotatable bonds is 2. The van der Waals surface area contributed by atoms with E-state index in [1.165, 1.54) is 12.8 Å². The molecule has 20 heavy (non-hydrogen) atoms. The van der Waals surface area contributed by atoms with Crippen molar-refractivity contribution in [3.05, 3.63) is 34.9 Å². The SMILES string of the molecule is O=C(Nc1cccc2cc(Br)cnc12)NC1CCCC1. The van der Waals surface area contributed by atoms with E-state index in [1.807, 2.05) is 24.3 Å². The zero-order valence-corrected chi connectivity index (χ0v) is 12.6. The maximum atomic E-state index is 12.0. The maximum absolute atomic E-state index is 12.0. The van der Waals surface area contributed by atoms with Crippen LogP contribution in [0.2, 0.25) is 0 Å². The minimum absolute atomic E-state index is 0.144. The summed E-state index contributed by atoms with van der Waals surface area (Å²) >= 11 is 3.40. The van der Waals surface area contributed by atoms with Gasteiger partial charge in [-0.15, -0.1) is 0 Å². The third kappa shape index (κ3) is 2.93. The highest BCUT2D eigenvalue weighted by Gasteiger charge is 2.17. The molecule has 2 amide bonds. The smallest absolute Gasteiger partial charge is 0.319 e. The summed E-state index contributed by atoms with van der Waals surface area (Å²) in [5.41, 5.74) is 1.54. The lowest BCUT2D eigenvalue weighted by Crippen LogP contribution is -2.36. The number of halogens is 1. The Labute approximate surface area is 126 Å². The molecule has 1 aromatic heterocycles. The molecule has 1 saturated carbocycles. The van der Waals surface area contributed by atoms with Crippen LogP contribution in [0.25, 0.3) is 10.9 Å². The molecule has 104 valence electrons. The highest BCUT2D eigenvalue weighted by Crippen LogP contribution is 2.24. The fraction of sp³-hybridized carbons (Fsp3) is 0.333. The molecule has 1 aromatic carbocycles. The Bertz CT molecular complexity index is 638. The number of nitrogens with zero attached hydrogens (tertiary/aromatic N) is 1. The molecule has 4 nitrogen and oxygen atoms in total. The molecule has 1 heterocycles. The van der Waals surface area contributed by atoms with Crippen molar-refractivity contribution in [1.29, 1.82) is 0 Å². The van der Waals surface area contributed by atoms with Gasteiger partial charge < -0.3 is 10.6 Å². The summed E-state index contributed by atoms with van der Waals surface area (Å²) in [4.78, 5) is 16.4. The molecule has 0 atom stereocenters. The van der Waals surface area contributed by atoms with Gasteiger partial charge >= 0.3 is 6.03 Å². The molecule has 2 N–H and O–H groups in total. The Balaban J connectivity index is 1.78. The number of anilines is 1. The first-order chi connectivity index (χ1) is 9.72. The number of urea groups is 1. The van der Waals surface area contributed by atoms with E-state index in [0.29, 0.717) is 6.04 Å². The summed E-state index contributed by atoms with van der Waals surface area (Å²) in [6.07, 6.45) is 6.30. The summed E-state index contributed by atoms with van der Waals surface area (Å²) in [6, 6.07) is 7.93. The van der Waals surface area contributed by atoms with Gasteiger partial charge in [-0.05, 0) is 40.9 Å². The molecule has 1 fully saturated rings.